The van der Waals surface area contributed by atoms with Gasteiger partial charge in [-0.25, -0.2) is 8.78 Å². The molecule has 1 aromatic rings. The molecule has 156 valence electrons. The van der Waals surface area contributed by atoms with Crippen molar-refractivity contribution in [1.29, 1.82) is 0 Å². The van der Waals surface area contributed by atoms with Gasteiger partial charge in [0.25, 0.3) is 0 Å². The van der Waals surface area contributed by atoms with Gasteiger partial charge in [0, 0.05) is 36.8 Å². The Balaban J connectivity index is 1.66. The lowest BCUT2D eigenvalue weighted by Gasteiger charge is -2.38. The van der Waals surface area contributed by atoms with Gasteiger partial charge >= 0.3 is 0 Å². The number of alkyl halides is 2. The Morgan fingerprint density at radius 1 is 1.21 bits per heavy atom. The van der Waals surface area contributed by atoms with E-state index in [1.165, 1.54) is 0 Å². The Hall–Kier alpha value is -1.99. The summed E-state index contributed by atoms with van der Waals surface area (Å²) in [6, 6.07) is 1.09. The molecule has 1 N–H and O–H groups in total. The number of carbonyl (C=O) groups excluding carboxylic acids is 2. The lowest BCUT2D eigenvalue weighted by Crippen LogP contribution is -2.52. The molecule has 3 rings (SSSR count). The zero-order valence-electron chi connectivity index (χ0n) is 16.8. The zero-order valence-corrected chi connectivity index (χ0v) is 16.8. The number of aromatic nitrogens is 1. The van der Waals surface area contributed by atoms with Crippen LogP contribution < -0.4 is 5.32 Å². The molecule has 0 unspecified atom stereocenters. The van der Waals surface area contributed by atoms with Crippen molar-refractivity contribution in [2.75, 3.05) is 11.9 Å². The number of nitrogens with zero attached hydrogens (tertiary/aromatic N) is 2. The Morgan fingerprint density at radius 3 is 2.50 bits per heavy atom. The van der Waals surface area contributed by atoms with Gasteiger partial charge in [0.1, 0.15) is 6.04 Å². The van der Waals surface area contributed by atoms with Gasteiger partial charge in [0.05, 0.1) is 5.69 Å². The molecule has 28 heavy (non-hydrogen) atoms. The minimum atomic E-state index is -2.67. The first kappa shape index (κ1) is 20.7. The predicted octanol–water partition coefficient (Wildman–Crippen LogP) is 4.12. The normalized spacial score (nSPS) is 23.5. The fourth-order valence-electron chi connectivity index (χ4n) is 3.88. The minimum Gasteiger partial charge on any atom is -0.338 e. The average molecular weight is 397 g/mol. The number of amides is 2. The van der Waals surface area contributed by atoms with Crippen LogP contribution in [-0.2, 0) is 15.0 Å². The Kier molecular flexibility index (Phi) is 5.77. The summed E-state index contributed by atoms with van der Waals surface area (Å²) in [6.45, 7) is 6.45. The third kappa shape index (κ3) is 4.70. The molecule has 0 spiro atoms. The number of rotatable bonds is 3. The molecule has 1 saturated heterocycles. The first-order valence-electron chi connectivity index (χ1n) is 10.0. The molecule has 2 heterocycles. The number of halogens is 2. The highest BCUT2D eigenvalue weighted by Gasteiger charge is 2.41. The number of piperidine rings is 1. The lowest BCUT2D eigenvalue weighted by atomic mass is 9.85. The third-order valence-corrected chi connectivity index (χ3v) is 5.68. The number of carbonyl (C=O) groups is 2. The Labute approximate surface area is 164 Å². The van der Waals surface area contributed by atoms with E-state index in [-0.39, 0.29) is 48.8 Å². The predicted molar refractivity (Wildman–Crippen MR) is 100 cm³/mol. The monoisotopic (exact) mass is 397 g/mol. The van der Waals surface area contributed by atoms with Gasteiger partial charge in [-0.05, 0) is 32.1 Å². The first-order valence-corrected chi connectivity index (χ1v) is 10.0. The molecule has 2 fully saturated rings. The van der Waals surface area contributed by atoms with Gasteiger partial charge in [-0.3, -0.25) is 14.9 Å². The molecule has 6 nitrogen and oxygen atoms in total. The van der Waals surface area contributed by atoms with Gasteiger partial charge < -0.3 is 9.42 Å². The number of hydrogen-bond acceptors (Lipinski definition) is 4. The standard InChI is InChI=1S/C20H29F2N3O3/c1-19(2,3)15-12-16(28-24-15)23-17(26)14-6-4-5-11-25(14)18(27)13-7-9-20(21,22)10-8-13/h12-14H,4-11H2,1-3H3,(H,23,26)/t14-/m0/s1. The maximum absolute atomic E-state index is 13.4. The summed E-state index contributed by atoms with van der Waals surface area (Å²) < 4.78 is 32.0. The van der Waals surface area contributed by atoms with Crippen LogP contribution in [0.5, 0.6) is 0 Å². The van der Waals surface area contributed by atoms with Crippen LogP contribution in [0.3, 0.4) is 0 Å². The molecule has 0 aromatic carbocycles. The van der Waals surface area contributed by atoms with Crippen molar-refractivity contribution in [3.63, 3.8) is 0 Å². The van der Waals surface area contributed by atoms with E-state index in [2.05, 4.69) is 10.5 Å². The summed E-state index contributed by atoms with van der Waals surface area (Å²) in [5.41, 5.74) is 0.519. The summed E-state index contributed by atoms with van der Waals surface area (Å²) in [7, 11) is 0. The number of nitrogens with one attached hydrogen (secondary N) is 1. The fourth-order valence-corrected chi connectivity index (χ4v) is 3.88. The zero-order chi connectivity index (χ0) is 20.5. The van der Waals surface area contributed by atoms with Gasteiger partial charge in [0.15, 0.2) is 0 Å². The quantitative estimate of drug-likeness (QED) is 0.833. The van der Waals surface area contributed by atoms with Crippen LogP contribution in [-0.4, -0.2) is 40.4 Å². The summed E-state index contributed by atoms with van der Waals surface area (Å²) in [5, 5.41) is 6.71. The van der Waals surface area contributed by atoms with Crippen molar-refractivity contribution in [3.05, 3.63) is 11.8 Å². The molecule has 1 atom stereocenters. The van der Waals surface area contributed by atoms with E-state index in [0.29, 0.717) is 13.0 Å². The fraction of sp³-hybridized carbons (Fsp3) is 0.750. The largest absolute Gasteiger partial charge is 0.338 e. The van der Waals surface area contributed by atoms with Gasteiger partial charge in [-0.1, -0.05) is 25.9 Å². The summed E-state index contributed by atoms with van der Waals surface area (Å²) in [6.07, 6.45) is 2.04. The van der Waals surface area contributed by atoms with Crippen LogP contribution in [0, 0.1) is 5.92 Å². The summed E-state index contributed by atoms with van der Waals surface area (Å²) in [5.74, 6) is -3.34. The molecule has 1 aliphatic carbocycles. The SMILES string of the molecule is CC(C)(C)c1cc(NC(=O)[C@@H]2CCCCN2C(=O)C2CCC(F)(F)CC2)on1. The third-order valence-electron chi connectivity index (χ3n) is 5.68. The maximum atomic E-state index is 13.4. The lowest BCUT2D eigenvalue weighted by molar-refractivity contribution is -0.147. The average Bonchev–Trinajstić information content (AvgIpc) is 3.10. The van der Waals surface area contributed by atoms with E-state index >= 15 is 0 Å². The minimum absolute atomic E-state index is 0.174. The molecule has 0 radical (unpaired) electrons. The second-order valence-corrected chi connectivity index (χ2v) is 8.99. The molecule has 2 amide bonds. The maximum Gasteiger partial charge on any atom is 0.249 e. The number of hydrogen-bond donors (Lipinski definition) is 1. The second kappa shape index (κ2) is 7.79. The van der Waals surface area contributed by atoms with Crippen LogP contribution >= 0.6 is 0 Å². The molecule has 1 aliphatic heterocycles. The van der Waals surface area contributed by atoms with Gasteiger partial charge in [0.2, 0.25) is 23.6 Å². The van der Waals surface area contributed by atoms with Gasteiger partial charge in [-0.15, -0.1) is 0 Å². The van der Waals surface area contributed by atoms with E-state index in [0.717, 1.165) is 18.5 Å². The topological polar surface area (TPSA) is 75.4 Å². The molecule has 2 aliphatic rings. The van der Waals surface area contributed by atoms with Crippen molar-refractivity contribution in [1.82, 2.24) is 10.1 Å². The summed E-state index contributed by atoms with van der Waals surface area (Å²) >= 11 is 0. The number of likely N-dealkylation sites (tertiary alicyclic amines) is 1. The first-order chi connectivity index (χ1) is 13.1. The summed E-state index contributed by atoms with van der Waals surface area (Å²) in [4.78, 5) is 27.3. The Morgan fingerprint density at radius 2 is 1.89 bits per heavy atom. The molecule has 1 saturated carbocycles. The van der Waals surface area contributed by atoms with E-state index in [4.69, 9.17) is 4.52 Å². The highest BCUT2D eigenvalue weighted by Crippen LogP contribution is 2.37. The van der Waals surface area contributed by atoms with Crippen molar-refractivity contribution in [3.8, 4) is 0 Å². The Bertz CT molecular complexity index is 717. The highest BCUT2D eigenvalue weighted by atomic mass is 19.3. The van der Waals surface area contributed by atoms with Crippen LogP contribution in [0.1, 0.15) is 71.4 Å². The van der Waals surface area contributed by atoms with Crippen molar-refractivity contribution in [2.45, 2.75) is 83.1 Å². The van der Waals surface area contributed by atoms with Crippen molar-refractivity contribution in [2.24, 2.45) is 5.92 Å². The van der Waals surface area contributed by atoms with Crippen LogP contribution in [0.2, 0.25) is 0 Å². The van der Waals surface area contributed by atoms with E-state index in [1.807, 2.05) is 20.8 Å². The van der Waals surface area contributed by atoms with Gasteiger partial charge in [-0.2, -0.15) is 0 Å². The van der Waals surface area contributed by atoms with Crippen LogP contribution in [0.15, 0.2) is 10.6 Å². The van der Waals surface area contributed by atoms with E-state index in [1.54, 1.807) is 11.0 Å². The van der Waals surface area contributed by atoms with Crippen LogP contribution in [0.25, 0.3) is 0 Å². The molecule has 1 aromatic heterocycles. The molecule has 8 heteroatoms. The molecular weight excluding hydrogens is 368 g/mol. The van der Waals surface area contributed by atoms with E-state index < -0.39 is 17.9 Å². The van der Waals surface area contributed by atoms with Crippen molar-refractivity contribution < 1.29 is 22.9 Å². The highest BCUT2D eigenvalue weighted by molar-refractivity contribution is 5.96. The second-order valence-electron chi connectivity index (χ2n) is 8.99. The van der Waals surface area contributed by atoms with Crippen molar-refractivity contribution >= 4 is 17.7 Å². The number of anilines is 1. The van der Waals surface area contributed by atoms with E-state index in [9.17, 15) is 18.4 Å². The molecule has 0 bridgehead atoms. The van der Waals surface area contributed by atoms with Crippen LogP contribution in [0.4, 0.5) is 14.7 Å². The molecular formula is C20H29F2N3O3. The smallest absolute Gasteiger partial charge is 0.249 e.